The van der Waals surface area contributed by atoms with E-state index in [1.165, 1.54) is 45.2 Å². The molecule has 1 saturated carbocycles. The highest BCUT2D eigenvalue weighted by atomic mass is 15.1. The molecule has 1 rings (SSSR count). The summed E-state index contributed by atoms with van der Waals surface area (Å²) in [6, 6.07) is 0. The van der Waals surface area contributed by atoms with Crippen LogP contribution in [0.4, 0.5) is 0 Å². The van der Waals surface area contributed by atoms with Gasteiger partial charge in [0.15, 0.2) is 0 Å². The molecule has 0 aromatic rings. The van der Waals surface area contributed by atoms with Crippen molar-refractivity contribution in [3.8, 4) is 0 Å². The molecule has 0 heterocycles. The van der Waals surface area contributed by atoms with Crippen LogP contribution in [0.1, 0.15) is 38.5 Å². The van der Waals surface area contributed by atoms with Gasteiger partial charge in [0, 0.05) is 0 Å². The lowest BCUT2D eigenvalue weighted by molar-refractivity contribution is 0.112. The third-order valence-electron chi connectivity index (χ3n) is 3.82. The lowest BCUT2D eigenvalue weighted by Gasteiger charge is -2.42. The van der Waals surface area contributed by atoms with Gasteiger partial charge in [0.05, 0.1) is 0 Å². The Bertz CT molecular complexity index is 179. The maximum Gasteiger partial charge on any atom is -0.00160 e. The molecular weight excluding hydrogens is 184 g/mol. The lowest BCUT2D eigenvalue weighted by Crippen LogP contribution is -2.40. The maximum absolute atomic E-state index is 5.84. The van der Waals surface area contributed by atoms with Gasteiger partial charge in [0.1, 0.15) is 0 Å². The predicted octanol–water partition coefficient (Wildman–Crippen LogP) is 2.40. The van der Waals surface area contributed by atoms with Gasteiger partial charge >= 0.3 is 0 Å². The molecule has 0 amide bonds. The van der Waals surface area contributed by atoms with Crippen molar-refractivity contribution >= 4 is 0 Å². The molecular formula is C13H26N2. The lowest BCUT2D eigenvalue weighted by atomic mass is 9.66. The van der Waals surface area contributed by atoms with Gasteiger partial charge < -0.3 is 10.6 Å². The quantitative estimate of drug-likeness (QED) is 0.492. The Morgan fingerprint density at radius 3 is 2.60 bits per heavy atom. The van der Waals surface area contributed by atoms with Crippen LogP contribution in [0.2, 0.25) is 0 Å². The molecule has 1 aliphatic rings. The molecule has 0 aromatic heterocycles. The molecule has 0 saturated heterocycles. The van der Waals surface area contributed by atoms with Gasteiger partial charge in [-0.3, -0.25) is 0 Å². The van der Waals surface area contributed by atoms with Crippen LogP contribution in [0.5, 0.6) is 0 Å². The van der Waals surface area contributed by atoms with Gasteiger partial charge in [-0.2, -0.15) is 0 Å². The summed E-state index contributed by atoms with van der Waals surface area (Å²) >= 11 is 0. The van der Waals surface area contributed by atoms with Gasteiger partial charge in [-0.1, -0.05) is 12.5 Å². The number of hydrogen-bond acceptors (Lipinski definition) is 2. The minimum atomic E-state index is 0.507. The Balaban J connectivity index is 2.09. The summed E-state index contributed by atoms with van der Waals surface area (Å²) in [7, 11) is 2.21. The molecule has 15 heavy (non-hydrogen) atoms. The van der Waals surface area contributed by atoms with Gasteiger partial charge in [0.2, 0.25) is 0 Å². The van der Waals surface area contributed by atoms with E-state index in [0.717, 1.165) is 13.0 Å². The molecule has 2 heteroatoms. The van der Waals surface area contributed by atoms with E-state index in [9.17, 15) is 0 Å². The van der Waals surface area contributed by atoms with E-state index in [0.29, 0.717) is 5.41 Å². The Kier molecular flexibility index (Phi) is 5.34. The molecule has 2 N–H and O–H groups in total. The molecule has 0 radical (unpaired) electrons. The third kappa shape index (κ3) is 3.96. The second kappa shape index (κ2) is 6.29. The predicted molar refractivity (Wildman–Crippen MR) is 66.9 cm³/mol. The Labute approximate surface area is 94.5 Å². The van der Waals surface area contributed by atoms with Crippen LogP contribution in [-0.2, 0) is 0 Å². The van der Waals surface area contributed by atoms with E-state index < -0.39 is 0 Å². The number of hydrogen-bond donors (Lipinski definition) is 1. The van der Waals surface area contributed by atoms with E-state index in [1.54, 1.807) is 0 Å². The van der Waals surface area contributed by atoms with E-state index in [4.69, 9.17) is 5.73 Å². The fourth-order valence-electron chi connectivity index (χ4n) is 2.28. The molecule has 0 atom stereocenters. The molecule has 0 unspecified atom stereocenters. The number of nitrogens with two attached hydrogens (primary N) is 1. The van der Waals surface area contributed by atoms with Crippen LogP contribution >= 0.6 is 0 Å². The highest BCUT2D eigenvalue weighted by Gasteiger charge is 2.34. The molecule has 0 aromatic carbocycles. The molecule has 88 valence electrons. The van der Waals surface area contributed by atoms with E-state index in [1.807, 2.05) is 6.08 Å². The summed E-state index contributed by atoms with van der Waals surface area (Å²) in [6.07, 6.45) is 9.74. The first-order chi connectivity index (χ1) is 7.22. The first-order valence-electron chi connectivity index (χ1n) is 6.22. The zero-order valence-electron chi connectivity index (χ0n) is 10.2. The topological polar surface area (TPSA) is 29.3 Å². The van der Waals surface area contributed by atoms with Crippen molar-refractivity contribution in [1.82, 2.24) is 4.90 Å². The number of nitrogens with zero attached hydrogens (tertiary/aromatic N) is 1. The minimum absolute atomic E-state index is 0.507. The average molecular weight is 210 g/mol. The van der Waals surface area contributed by atoms with Crippen LogP contribution in [0.3, 0.4) is 0 Å². The summed E-state index contributed by atoms with van der Waals surface area (Å²) in [6.45, 7) is 7.02. The summed E-state index contributed by atoms with van der Waals surface area (Å²) in [4.78, 5) is 2.43. The van der Waals surface area contributed by atoms with Gasteiger partial charge in [0.25, 0.3) is 0 Å². The second-order valence-corrected chi connectivity index (χ2v) is 5.04. The van der Waals surface area contributed by atoms with E-state index >= 15 is 0 Å². The fraction of sp³-hybridized carbons (Fsp3) is 0.846. The van der Waals surface area contributed by atoms with Crippen LogP contribution in [-0.4, -0.2) is 31.6 Å². The zero-order valence-corrected chi connectivity index (χ0v) is 10.2. The van der Waals surface area contributed by atoms with Crippen molar-refractivity contribution in [1.29, 1.82) is 0 Å². The van der Waals surface area contributed by atoms with Crippen LogP contribution in [0.15, 0.2) is 12.7 Å². The van der Waals surface area contributed by atoms with Gasteiger partial charge in [-0.05, 0) is 64.2 Å². The van der Waals surface area contributed by atoms with E-state index in [2.05, 4.69) is 18.5 Å². The standard InChI is InChI=1S/C13H26N2/c1-3-4-5-10-15(2)11-9-13(12-14)7-6-8-13/h3H,1,4-12,14H2,2H3. The summed E-state index contributed by atoms with van der Waals surface area (Å²) in [5, 5.41) is 0. The van der Waals surface area contributed by atoms with Crippen LogP contribution < -0.4 is 5.73 Å². The van der Waals surface area contributed by atoms with Crippen LogP contribution in [0.25, 0.3) is 0 Å². The smallest absolute Gasteiger partial charge is 0.00160 e. The maximum atomic E-state index is 5.84. The third-order valence-corrected chi connectivity index (χ3v) is 3.82. The van der Waals surface area contributed by atoms with Gasteiger partial charge in [-0.25, -0.2) is 0 Å². The molecule has 1 aliphatic carbocycles. The SMILES string of the molecule is C=CCCCN(C)CCC1(CN)CCC1. The monoisotopic (exact) mass is 210 g/mol. The zero-order chi connectivity index (χ0) is 11.1. The Hall–Kier alpha value is -0.340. The highest BCUT2D eigenvalue weighted by molar-refractivity contribution is 4.89. The van der Waals surface area contributed by atoms with Crippen LogP contribution in [0, 0.1) is 5.41 Å². The fourth-order valence-corrected chi connectivity index (χ4v) is 2.28. The summed E-state index contributed by atoms with van der Waals surface area (Å²) in [5.41, 5.74) is 6.35. The van der Waals surface area contributed by atoms with Crippen molar-refractivity contribution in [2.75, 3.05) is 26.7 Å². The minimum Gasteiger partial charge on any atom is -0.330 e. The second-order valence-electron chi connectivity index (χ2n) is 5.04. The van der Waals surface area contributed by atoms with Crippen molar-refractivity contribution < 1.29 is 0 Å². The first-order valence-corrected chi connectivity index (χ1v) is 6.22. The molecule has 0 bridgehead atoms. The first kappa shape index (κ1) is 12.7. The van der Waals surface area contributed by atoms with E-state index in [-0.39, 0.29) is 0 Å². The Morgan fingerprint density at radius 2 is 2.13 bits per heavy atom. The highest BCUT2D eigenvalue weighted by Crippen LogP contribution is 2.42. The number of allylic oxidation sites excluding steroid dienone is 1. The summed E-state index contributed by atoms with van der Waals surface area (Å²) < 4.78 is 0. The molecule has 0 aliphatic heterocycles. The number of rotatable bonds is 8. The summed E-state index contributed by atoms with van der Waals surface area (Å²) in [5.74, 6) is 0. The van der Waals surface area contributed by atoms with Crippen molar-refractivity contribution in [3.63, 3.8) is 0 Å². The van der Waals surface area contributed by atoms with Crippen molar-refractivity contribution in [2.24, 2.45) is 11.1 Å². The number of unbranched alkanes of at least 4 members (excludes halogenated alkanes) is 1. The van der Waals surface area contributed by atoms with Crippen molar-refractivity contribution in [2.45, 2.75) is 38.5 Å². The molecule has 1 fully saturated rings. The largest absolute Gasteiger partial charge is 0.330 e. The molecule has 0 spiro atoms. The molecule has 2 nitrogen and oxygen atoms in total. The normalized spacial score (nSPS) is 18.9. The van der Waals surface area contributed by atoms with Crippen molar-refractivity contribution in [3.05, 3.63) is 12.7 Å². The Morgan fingerprint density at radius 1 is 1.40 bits per heavy atom. The average Bonchev–Trinajstić information content (AvgIpc) is 2.17. The van der Waals surface area contributed by atoms with Gasteiger partial charge in [-0.15, -0.1) is 6.58 Å².